The van der Waals surface area contributed by atoms with E-state index < -0.39 is 0 Å². The molecule has 2 aromatic rings. The first-order valence-corrected chi connectivity index (χ1v) is 7.71. The average Bonchev–Trinajstić information content (AvgIpc) is 2.87. The molecule has 0 radical (unpaired) electrons. The van der Waals surface area contributed by atoms with Crippen LogP contribution in [0.4, 0.5) is 0 Å². The van der Waals surface area contributed by atoms with Crippen LogP contribution in [-0.2, 0) is 0 Å². The van der Waals surface area contributed by atoms with E-state index in [-0.39, 0.29) is 0 Å². The lowest BCUT2D eigenvalue weighted by Crippen LogP contribution is -2.20. The molecule has 0 saturated heterocycles. The molecular formula is C12H13Cl2NS2. The summed E-state index contributed by atoms with van der Waals surface area (Å²) in [5.41, 5.74) is 0. The van der Waals surface area contributed by atoms with E-state index in [1.807, 2.05) is 12.1 Å². The zero-order chi connectivity index (χ0) is 12.4. The lowest BCUT2D eigenvalue weighted by Gasteiger charge is -2.17. The highest BCUT2D eigenvalue weighted by molar-refractivity contribution is 7.16. The van der Waals surface area contributed by atoms with Crippen molar-refractivity contribution in [2.75, 3.05) is 0 Å². The van der Waals surface area contributed by atoms with Gasteiger partial charge in [0.25, 0.3) is 0 Å². The molecule has 1 N–H and O–H groups in total. The molecule has 17 heavy (non-hydrogen) atoms. The van der Waals surface area contributed by atoms with Gasteiger partial charge in [0.1, 0.15) is 0 Å². The minimum Gasteiger partial charge on any atom is -0.302 e. The smallest absolute Gasteiger partial charge is 0.0931 e. The van der Waals surface area contributed by atoms with Gasteiger partial charge in [0.05, 0.1) is 8.67 Å². The second-order valence-electron chi connectivity index (χ2n) is 3.89. The van der Waals surface area contributed by atoms with E-state index in [4.69, 9.17) is 23.2 Å². The van der Waals surface area contributed by atoms with Gasteiger partial charge >= 0.3 is 0 Å². The molecule has 0 spiro atoms. The summed E-state index contributed by atoms with van der Waals surface area (Å²) < 4.78 is 1.67. The summed E-state index contributed by atoms with van der Waals surface area (Å²) in [6, 6.07) is 8.60. The van der Waals surface area contributed by atoms with E-state index in [1.165, 1.54) is 9.75 Å². The normalized spacial score (nSPS) is 14.8. The predicted octanol–water partition coefficient (Wildman–Crippen LogP) is 5.53. The van der Waals surface area contributed by atoms with E-state index in [0.29, 0.717) is 12.1 Å². The first-order chi connectivity index (χ1) is 8.06. The van der Waals surface area contributed by atoms with Crippen molar-refractivity contribution in [3.63, 3.8) is 0 Å². The van der Waals surface area contributed by atoms with E-state index >= 15 is 0 Å². The second-order valence-corrected chi connectivity index (χ2v) is 7.39. The van der Waals surface area contributed by atoms with Crippen LogP contribution in [0.1, 0.15) is 35.7 Å². The fraction of sp³-hybridized carbons (Fsp3) is 0.333. The number of rotatable bonds is 4. The molecule has 0 aliphatic rings. The number of halogens is 2. The number of hydrogen-bond acceptors (Lipinski definition) is 3. The van der Waals surface area contributed by atoms with Gasteiger partial charge in [0, 0.05) is 21.8 Å². The zero-order valence-corrected chi connectivity index (χ0v) is 12.7. The largest absolute Gasteiger partial charge is 0.302 e. The molecule has 2 aromatic heterocycles. The Hall–Kier alpha value is -0.0600. The molecule has 0 aliphatic carbocycles. The lowest BCUT2D eigenvalue weighted by atomic mass is 10.2. The van der Waals surface area contributed by atoms with Crippen molar-refractivity contribution >= 4 is 45.9 Å². The molecule has 2 unspecified atom stereocenters. The van der Waals surface area contributed by atoms with Gasteiger partial charge in [-0.1, -0.05) is 23.2 Å². The van der Waals surface area contributed by atoms with Crippen molar-refractivity contribution in [2.24, 2.45) is 0 Å². The van der Waals surface area contributed by atoms with Crippen LogP contribution in [0, 0.1) is 0 Å². The first kappa shape index (κ1) is 13.4. The van der Waals surface area contributed by atoms with Crippen LogP contribution < -0.4 is 5.32 Å². The maximum atomic E-state index is 5.94. The Labute approximate surface area is 119 Å². The Balaban J connectivity index is 2.01. The first-order valence-electron chi connectivity index (χ1n) is 5.33. The van der Waals surface area contributed by atoms with Crippen LogP contribution in [0.3, 0.4) is 0 Å². The third kappa shape index (κ3) is 3.46. The van der Waals surface area contributed by atoms with Crippen LogP contribution in [0.15, 0.2) is 24.3 Å². The van der Waals surface area contributed by atoms with Gasteiger partial charge in [-0.3, -0.25) is 0 Å². The van der Waals surface area contributed by atoms with Gasteiger partial charge in [0.2, 0.25) is 0 Å². The molecule has 92 valence electrons. The molecule has 5 heteroatoms. The highest BCUT2D eigenvalue weighted by atomic mass is 35.5. The van der Waals surface area contributed by atoms with Crippen LogP contribution in [-0.4, -0.2) is 0 Å². The quantitative estimate of drug-likeness (QED) is 0.783. The lowest BCUT2D eigenvalue weighted by molar-refractivity contribution is 0.506. The molecule has 0 aliphatic heterocycles. The summed E-state index contributed by atoms with van der Waals surface area (Å²) in [5, 5.41) is 3.54. The molecule has 2 rings (SSSR count). The summed E-state index contributed by atoms with van der Waals surface area (Å²) in [6.07, 6.45) is 0. The number of hydrogen-bond donors (Lipinski definition) is 1. The minimum atomic E-state index is 0.295. The van der Waals surface area contributed by atoms with E-state index in [9.17, 15) is 0 Å². The monoisotopic (exact) mass is 305 g/mol. The molecule has 0 aromatic carbocycles. The average molecular weight is 306 g/mol. The van der Waals surface area contributed by atoms with E-state index in [2.05, 4.69) is 31.3 Å². The van der Waals surface area contributed by atoms with Crippen LogP contribution >= 0.6 is 45.9 Å². The van der Waals surface area contributed by atoms with Crippen LogP contribution in [0.5, 0.6) is 0 Å². The van der Waals surface area contributed by atoms with Gasteiger partial charge in [-0.2, -0.15) is 0 Å². The van der Waals surface area contributed by atoms with Crippen LogP contribution in [0.2, 0.25) is 8.67 Å². The SMILES string of the molecule is CC(NC(C)c1ccc(Cl)s1)c1ccc(Cl)s1. The fourth-order valence-electron chi connectivity index (χ4n) is 1.66. The third-order valence-corrected chi connectivity index (χ3v) is 5.37. The van der Waals surface area contributed by atoms with Crippen molar-refractivity contribution in [3.8, 4) is 0 Å². The maximum absolute atomic E-state index is 5.94. The summed E-state index contributed by atoms with van der Waals surface area (Å²) >= 11 is 15.1. The molecule has 0 bridgehead atoms. The fourth-order valence-corrected chi connectivity index (χ4v) is 3.81. The second kappa shape index (κ2) is 5.72. The Morgan fingerprint density at radius 1 is 0.882 bits per heavy atom. The minimum absolute atomic E-state index is 0.295. The summed E-state index contributed by atoms with van der Waals surface area (Å²) in [4.78, 5) is 2.51. The summed E-state index contributed by atoms with van der Waals surface area (Å²) in [7, 11) is 0. The predicted molar refractivity (Wildman–Crippen MR) is 78.6 cm³/mol. The number of nitrogens with one attached hydrogen (secondary N) is 1. The van der Waals surface area contributed by atoms with Crippen molar-refractivity contribution < 1.29 is 0 Å². The Kier molecular flexibility index (Phi) is 4.50. The van der Waals surface area contributed by atoms with Crippen molar-refractivity contribution in [1.82, 2.24) is 5.32 Å². The molecule has 0 saturated carbocycles. The van der Waals surface area contributed by atoms with E-state index in [0.717, 1.165) is 8.67 Å². The standard InChI is InChI=1S/C12H13Cl2NS2/c1-7(9-3-5-11(13)16-9)15-8(2)10-4-6-12(14)17-10/h3-8,15H,1-2H3. The summed E-state index contributed by atoms with van der Waals surface area (Å²) in [5.74, 6) is 0. The van der Waals surface area contributed by atoms with Crippen LogP contribution in [0.25, 0.3) is 0 Å². The van der Waals surface area contributed by atoms with Gasteiger partial charge in [0.15, 0.2) is 0 Å². The van der Waals surface area contributed by atoms with Gasteiger partial charge in [-0.25, -0.2) is 0 Å². The molecule has 0 amide bonds. The summed E-state index contributed by atoms with van der Waals surface area (Å²) in [6.45, 7) is 4.29. The number of thiophene rings is 2. The van der Waals surface area contributed by atoms with Crippen molar-refractivity contribution in [1.29, 1.82) is 0 Å². The molecule has 0 fully saturated rings. The topological polar surface area (TPSA) is 12.0 Å². The molecular weight excluding hydrogens is 293 g/mol. The highest BCUT2D eigenvalue weighted by Gasteiger charge is 2.14. The Bertz CT molecular complexity index is 448. The van der Waals surface area contributed by atoms with Gasteiger partial charge in [-0.05, 0) is 38.1 Å². The Morgan fingerprint density at radius 2 is 1.29 bits per heavy atom. The van der Waals surface area contributed by atoms with Gasteiger partial charge in [-0.15, -0.1) is 22.7 Å². The highest BCUT2D eigenvalue weighted by Crippen LogP contribution is 2.31. The molecule has 2 heterocycles. The van der Waals surface area contributed by atoms with Gasteiger partial charge < -0.3 is 5.32 Å². The third-order valence-electron chi connectivity index (χ3n) is 2.54. The Morgan fingerprint density at radius 3 is 1.59 bits per heavy atom. The van der Waals surface area contributed by atoms with Crippen molar-refractivity contribution in [3.05, 3.63) is 42.7 Å². The zero-order valence-electron chi connectivity index (χ0n) is 9.54. The molecule has 2 atom stereocenters. The van der Waals surface area contributed by atoms with Crippen molar-refractivity contribution in [2.45, 2.75) is 25.9 Å². The van der Waals surface area contributed by atoms with E-state index in [1.54, 1.807) is 22.7 Å². The molecule has 1 nitrogen and oxygen atoms in total. The maximum Gasteiger partial charge on any atom is 0.0931 e.